The molecule has 2 aromatic carbocycles. The molecule has 5 nitrogen and oxygen atoms in total. The maximum atomic E-state index is 14.1. The summed E-state index contributed by atoms with van der Waals surface area (Å²) in [5.41, 5.74) is 3.93. The largest absolute Gasteiger partial charge is 0.365 e. The van der Waals surface area contributed by atoms with Crippen LogP contribution < -0.4 is 4.90 Å². The van der Waals surface area contributed by atoms with Crippen molar-refractivity contribution in [2.75, 3.05) is 31.6 Å². The van der Waals surface area contributed by atoms with Crippen LogP contribution in [-0.4, -0.2) is 54.3 Å². The molecule has 0 spiro atoms. The second-order valence-electron chi connectivity index (χ2n) is 9.11. The molecule has 6 heteroatoms. The molecule has 2 aliphatic heterocycles. The van der Waals surface area contributed by atoms with Gasteiger partial charge in [0.25, 0.3) is 5.91 Å². The number of anilines is 1. The second-order valence-corrected chi connectivity index (χ2v) is 10.1. The van der Waals surface area contributed by atoms with Gasteiger partial charge in [-0.3, -0.25) is 9.59 Å². The summed E-state index contributed by atoms with van der Waals surface area (Å²) in [7, 11) is 1.82. The van der Waals surface area contributed by atoms with Gasteiger partial charge in [-0.15, -0.1) is 11.3 Å². The van der Waals surface area contributed by atoms with Crippen molar-refractivity contribution in [2.24, 2.45) is 0 Å². The monoisotopic (exact) mass is 459 g/mol. The van der Waals surface area contributed by atoms with Crippen molar-refractivity contribution < 1.29 is 9.59 Å². The van der Waals surface area contributed by atoms with E-state index in [1.807, 2.05) is 53.7 Å². The van der Waals surface area contributed by atoms with Crippen LogP contribution in [0, 0.1) is 6.92 Å². The first-order valence-corrected chi connectivity index (χ1v) is 12.3. The Morgan fingerprint density at radius 2 is 1.85 bits per heavy atom. The molecule has 170 valence electrons. The molecular weight excluding hydrogens is 430 g/mol. The lowest BCUT2D eigenvalue weighted by Gasteiger charge is -2.45. The number of rotatable bonds is 3. The van der Waals surface area contributed by atoms with Gasteiger partial charge in [0.1, 0.15) is 0 Å². The zero-order valence-electron chi connectivity index (χ0n) is 19.3. The van der Waals surface area contributed by atoms with Crippen molar-refractivity contribution in [3.8, 4) is 0 Å². The van der Waals surface area contributed by atoms with E-state index in [-0.39, 0.29) is 23.9 Å². The van der Waals surface area contributed by atoms with E-state index in [0.29, 0.717) is 18.7 Å². The Morgan fingerprint density at radius 1 is 1.03 bits per heavy atom. The van der Waals surface area contributed by atoms with Crippen molar-refractivity contribution in [2.45, 2.75) is 31.8 Å². The molecule has 1 fully saturated rings. The molecule has 0 bridgehead atoms. The Bertz CT molecular complexity index is 1180. The number of hydrogen-bond donors (Lipinski definition) is 0. The van der Waals surface area contributed by atoms with Gasteiger partial charge in [-0.05, 0) is 54.6 Å². The fourth-order valence-corrected chi connectivity index (χ4v) is 6.21. The highest BCUT2D eigenvalue weighted by atomic mass is 32.1. The average molecular weight is 460 g/mol. The Morgan fingerprint density at radius 3 is 2.58 bits per heavy atom. The predicted molar refractivity (Wildman–Crippen MR) is 133 cm³/mol. The lowest BCUT2D eigenvalue weighted by molar-refractivity contribution is -0.135. The summed E-state index contributed by atoms with van der Waals surface area (Å²) in [5, 5.41) is 2.01. The van der Waals surface area contributed by atoms with Crippen LogP contribution >= 0.6 is 11.3 Å². The normalized spacial score (nSPS) is 22.9. The molecule has 0 radical (unpaired) electrons. The minimum absolute atomic E-state index is 0.0225. The van der Waals surface area contributed by atoms with E-state index in [0.717, 1.165) is 17.0 Å². The van der Waals surface area contributed by atoms with E-state index in [1.165, 1.54) is 11.3 Å². The lowest BCUT2D eigenvalue weighted by atomic mass is 9.81. The molecular formula is C27H29N3O2S. The SMILES string of the molecule is Cc1cccc(N2CCN(C(=O)[C@@H]3c4ccccc4C(=O)N(C)[C@H]3c3cccs3)C[C@H]2C)c1. The molecule has 1 aromatic heterocycles. The summed E-state index contributed by atoms with van der Waals surface area (Å²) in [6, 6.07) is 20.1. The zero-order chi connectivity index (χ0) is 23.1. The third-order valence-corrected chi connectivity index (χ3v) is 7.90. The zero-order valence-corrected chi connectivity index (χ0v) is 20.1. The predicted octanol–water partition coefficient (Wildman–Crippen LogP) is 4.70. The van der Waals surface area contributed by atoms with Crippen molar-refractivity contribution in [1.82, 2.24) is 9.80 Å². The number of hydrogen-bond acceptors (Lipinski definition) is 4. The molecule has 3 aromatic rings. The summed E-state index contributed by atoms with van der Waals surface area (Å²) >= 11 is 1.60. The first-order chi connectivity index (χ1) is 16.0. The number of benzene rings is 2. The second kappa shape index (κ2) is 8.67. The van der Waals surface area contributed by atoms with Crippen LogP contribution in [0.1, 0.15) is 45.2 Å². The highest BCUT2D eigenvalue weighted by Gasteiger charge is 2.45. The molecule has 5 rings (SSSR count). The average Bonchev–Trinajstić information content (AvgIpc) is 3.35. The molecule has 0 N–H and O–H groups in total. The number of fused-ring (bicyclic) bond motifs is 1. The number of likely N-dealkylation sites (N-methyl/N-ethyl adjacent to an activating group) is 1. The van der Waals surface area contributed by atoms with E-state index in [4.69, 9.17) is 0 Å². The molecule has 0 saturated carbocycles. The number of amides is 2. The summed E-state index contributed by atoms with van der Waals surface area (Å²) < 4.78 is 0. The first-order valence-electron chi connectivity index (χ1n) is 11.5. The Labute approximate surface area is 199 Å². The Balaban J connectivity index is 1.46. The van der Waals surface area contributed by atoms with Gasteiger partial charge in [0.15, 0.2) is 0 Å². The summed E-state index contributed by atoms with van der Waals surface area (Å²) in [6.07, 6.45) is 0. The number of aryl methyl sites for hydroxylation is 1. The van der Waals surface area contributed by atoms with Crippen LogP contribution in [0.15, 0.2) is 66.0 Å². The van der Waals surface area contributed by atoms with Crippen molar-refractivity contribution >= 4 is 28.8 Å². The van der Waals surface area contributed by atoms with Gasteiger partial charge in [0.05, 0.1) is 12.0 Å². The smallest absolute Gasteiger partial charge is 0.254 e. The quantitative estimate of drug-likeness (QED) is 0.570. The minimum atomic E-state index is -0.403. The molecule has 0 unspecified atom stereocenters. The highest BCUT2D eigenvalue weighted by Crippen LogP contribution is 2.44. The molecule has 3 heterocycles. The van der Waals surface area contributed by atoms with Gasteiger partial charge in [-0.2, -0.15) is 0 Å². The number of piperazine rings is 1. The molecule has 1 saturated heterocycles. The summed E-state index contributed by atoms with van der Waals surface area (Å²) in [4.78, 5) is 34.4. The van der Waals surface area contributed by atoms with E-state index in [1.54, 1.807) is 16.2 Å². The van der Waals surface area contributed by atoms with Gasteiger partial charge in [0.2, 0.25) is 5.91 Å². The number of carbonyl (C=O) groups is 2. The van der Waals surface area contributed by atoms with Crippen LogP contribution in [-0.2, 0) is 4.79 Å². The maximum Gasteiger partial charge on any atom is 0.254 e. The van der Waals surface area contributed by atoms with Crippen molar-refractivity contribution in [1.29, 1.82) is 0 Å². The third kappa shape index (κ3) is 3.82. The number of nitrogens with zero attached hydrogens (tertiary/aromatic N) is 3. The maximum absolute atomic E-state index is 14.1. The van der Waals surface area contributed by atoms with Gasteiger partial charge >= 0.3 is 0 Å². The van der Waals surface area contributed by atoms with Gasteiger partial charge in [0, 0.05) is 48.9 Å². The van der Waals surface area contributed by atoms with Crippen molar-refractivity contribution in [3.05, 3.63) is 87.6 Å². The van der Waals surface area contributed by atoms with Gasteiger partial charge in [-0.25, -0.2) is 0 Å². The first kappa shape index (κ1) is 21.7. The molecule has 0 aliphatic carbocycles. The summed E-state index contributed by atoms with van der Waals surface area (Å²) in [5.74, 6) is -0.318. The van der Waals surface area contributed by atoms with E-state index < -0.39 is 5.92 Å². The lowest BCUT2D eigenvalue weighted by Crippen LogP contribution is -2.56. The Hall–Kier alpha value is -3.12. The van der Waals surface area contributed by atoms with Crippen LogP contribution in [0.4, 0.5) is 5.69 Å². The summed E-state index contributed by atoms with van der Waals surface area (Å²) in [6.45, 7) is 6.42. The number of carbonyl (C=O) groups excluding carboxylic acids is 2. The molecule has 2 amide bonds. The topological polar surface area (TPSA) is 43.9 Å². The van der Waals surface area contributed by atoms with Crippen molar-refractivity contribution in [3.63, 3.8) is 0 Å². The minimum Gasteiger partial charge on any atom is -0.365 e. The molecule has 3 atom stereocenters. The standard InChI is InChI=1S/C27H29N3O2S/c1-18-8-6-9-20(16-18)30-14-13-29(17-19(30)2)27(32)24-21-10-4-5-11-22(21)26(31)28(3)25(24)23-12-7-15-33-23/h4-12,15-16,19,24-25H,13-14,17H2,1-3H3/t19-,24-,25+/m1/s1. The van der Waals surface area contributed by atoms with E-state index in [9.17, 15) is 9.59 Å². The van der Waals surface area contributed by atoms with Crippen LogP contribution in [0.3, 0.4) is 0 Å². The molecule has 33 heavy (non-hydrogen) atoms. The fourth-order valence-electron chi connectivity index (χ4n) is 5.30. The van der Waals surface area contributed by atoms with E-state index in [2.05, 4.69) is 43.0 Å². The van der Waals surface area contributed by atoms with Crippen LogP contribution in [0.5, 0.6) is 0 Å². The van der Waals surface area contributed by atoms with Crippen LogP contribution in [0.25, 0.3) is 0 Å². The fraction of sp³-hybridized carbons (Fsp3) is 0.333. The molecule has 2 aliphatic rings. The van der Waals surface area contributed by atoms with Gasteiger partial charge in [-0.1, -0.05) is 36.4 Å². The van der Waals surface area contributed by atoms with E-state index >= 15 is 0 Å². The Kier molecular flexibility index (Phi) is 5.71. The third-order valence-electron chi connectivity index (χ3n) is 6.95. The van der Waals surface area contributed by atoms with Gasteiger partial charge < -0.3 is 14.7 Å². The highest BCUT2D eigenvalue weighted by molar-refractivity contribution is 7.10. The number of thiophene rings is 1. The van der Waals surface area contributed by atoms with Crippen LogP contribution in [0.2, 0.25) is 0 Å².